The van der Waals surface area contributed by atoms with Crippen molar-refractivity contribution in [3.63, 3.8) is 0 Å². The van der Waals surface area contributed by atoms with Crippen LogP contribution in [0.3, 0.4) is 0 Å². The summed E-state index contributed by atoms with van der Waals surface area (Å²) < 4.78 is 10.6. The van der Waals surface area contributed by atoms with Crippen LogP contribution in [-0.2, 0) is 6.42 Å². The number of hydrogen-bond acceptors (Lipinski definition) is 4. The fourth-order valence-corrected chi connectivity index (χ4v) is 1.73. The van der Waals surface area contributed by atoms with Gasteiger partial charge in [-0.15, -0.1) is 12.4 Å². The number of anilines is 1. The van der Waals surface area contributed by atoms with Crippen molar-refractivity contribution in [3.05, 3.63) is 17.7 Å². The monoisotopic (exact) mass is 245 g/mol. The molecule has 1 aliphatic rings. The first-order valence-electron chi connectivity index (χ1n) is 5.03. The molecule has 0 saturated heterocycles. The highest BCUT2D eigenvalue weighted by Gasteiger charge is 2.15. The quantitative estimate of drug-likeness (QED) is 0.843. The number of ether oxygens (including phenoxy) is 2. The Morgan fingerprint density at radius 3 is 2.88 bits per heavy atom. The predicted molar refractivity (Wildman–Crippen MR) is 65.0 cm³/mol. The zero-order valence-corrected chi connectivity index (χ0v) is 9.97. The van der Waals surface area contributed by atoms with Crippen molar-refractivity contribution in [2.45, 2.75) is 6.42 Å². The van der Waals surface area contributed by atoms with E-state index in [9.17, 15) is 0 Å². The highest BCUT2D eigenvalue weighted by atomic mass is 35.5. The fourth-order valence-electron chi connectivity index (χ4n) is 1.73. The van der Waals surface area contributed by atoms with Gasteiger partial charge in [0.1, 0.15) is 6.61 Å². The minimum Gasteiger partial charge on any atom is -0.493 e. The van der Waals surface area contributed by atoms with Gasteiger partial charge in [0.2, 0.25) is 0 Å². The maximum atomic E-state index is 8.70. The molecule has 5 heteroatoms. The normalized spacial score (nSPS) is 12.4. The Morgan fingerprint density at radius 1 is 1.38 bits per heavy atom. The Kier molecular flexibility index (Phi) is 4.71. The summed E-state index contributed by atoms with van der Waals surface area (Å²) in [6, 6.07) is 3.92. The number of aliphatic hydroxyl groups is 1. The van der Waals surface area contributed by atoms with Gasteiger partial charge < -0.3 is 19.9 Å². The molecular formula is C11H16ClNO3. The molecule has 0 aromatic heterocycles. The number of rotatable bonds is 4. The molecule has 1 heterocycles. The van der Waals surface area contributed by atoms with E-state index in [0.29, 0.717) is 5.75 Å². The Bertz CT molecular complexity index is 357. The van der Waals surface area contributed by atoms with Gasteiger partial charge in [-0.25, -0.2) is 0 Å². The number of hydrogen-bond donors (Lipinski definition) is 2. The van der Waals surface area contributed by atoms with E-state index in [1.165, 1.54) is 5.56 Å². The van der Waals surface area contributed by atoms with Gasteiger partial charge in [-0.3, -0.25) is 0 Å². The molecule has 0 radical (unpaired) electrons. The van der Waals surface area contributed by atoms with Crippen molar-refractivity contribution in [1.82, 2.24) is 0 Å². The molecule has 0 spiro atoms. The van der Waals surface area contributed by atoms with Gasteiger partial charge in [0.25, 0.3) is 0 Å². The average Bonchev–Trinajstić information content (AvgIpc) is 2.71. The zero-order valence-electron chi connectivity index (χ0n) is 9.16. The fraction of sp³-hybridized carbons (Fsp3) is 0.455. The summed E-state index contributed by atoms with van der Waals surface area (Å²) in [5.74, 6) is 1.41. The summed E-state index contributed by atoms with van der Waals surface area (Å²) in [7, 11) is 1.62. The maximum Gasteiger partial charge on any atom is 0.163 e. The molecule has 16 heavy (non-hydrogen) atoms. The van der Waals surface area contributed by atoms with Crippen LogP contribution in [0.25, 0.3) is 0 Å². The number of halogens is 1. The summed E-state index contributed by atoms with van der Waals surface area (Å²) in [6.07, 6.45) is 1.02. The Balaban J connectivity index is 0.00000128. The molecule has 4 nitrogen and oxygen atoms in total. The minimum atomic E-state index is 0. The van der Waals surface area contributed by atoms with Crippen LogP contribution in [0.15, 0.2) is 12.1 Å². The van der Waals surface area contributed by atoms with Crippen molar-refractivity contribution in [2.75, 3.05) is 32.2 Å². The van der Waals surface area contributed by atoms with Gasteiger partial charge in [0.15, 0.2) is 11.5 Å². The molecule has 1 aromatic carbocycles. The third-order valence-electron chi connectivity index (χ3n) is 2.45. The number of fused-ring (bicyclic) bond motifs is 1. The molecule has 0 bridgehead atoms. The smallest absolute Gasteiger partial charge is 0.163 e. The first-order chi connectivity index (χ1) is 7.35. The van der Waals surface area contributed by atoms with Crippen LogP contribution < -0.4 is 14.8 Å². The van der Waals surface area contributed by atoms with Gasteiger partial charge in [-0.1, -0.05) is 0 Å². The number of nitrogens with one attached hydrogen (secondary N) is 1. The van der Waals surface area contributed by atoms with Gasteiger partial charge in [0, 0.05) is 18.3 Å². The third kappa shape index (κ3) is 2.51. The van der Waals surface area contributed by atoms with Crippen LogP contribution in [0.1, 0.15) is 5.56 Å². The molecule has 2 N–H and O–H groups in total. The summed E-state index contributed by atoms with van der Waals surface area (Å²) >= 11 is 0. The molecule has 0 saturated carbocycles. The summed E-state index contributed by atoms with van der Waals surface area (Å²) in [6.45, 7) is 1.25. The predicted octanol–water partition coefficient (Wildman–Crippen LogP) is 1.46. The second-order valence-corrected chi connectivity index (χ2v) is 3.41. The van der Waals surface area contributed by atoms with Crippen molar-refractivity contribution < 1.29 is 14.6 Å². The average molecular weight is 246 g/mol. The lowest BCUT2D eigenvalue weighted by Gasteiger charge is -2.11. The second kappa shape index (κ2) is 5.82. The molecule has 1 aliphatic heterocycles. The molecule has 2 rings (SSSR count). The number of aliphatic hydroxyl groups excluding tert-OH is 1. The van der Waals surface area contributed by atoms with Gasteiger partial charge in [-0.2, -0.15) is 0 Å². The summed E-state index contributed by atoms with van der Waals surface area (Å²) in [4.78, 5) is 0. The Hall–Kier alpha value is -1.13. The zero-order chi connectivity index (χ0) is 10.7. The molecule has 90 valence electrons. The van der Waals surface area contributed by atoms with E-state index in [4.69, 9.17) is 14.6 Å². The Labute approximate surface area is 101 Å². The Morgan fingerprint density at radius 2 is 2.19 bits per heavy atom. The highest BCUT2D eigenvalue weighted by molar-refractivity contribution is 5.85. The molecule has 1 aromatic rings. The van der Waals surface area contributed by atoms with Crippen LogP contribution in [0.5, 0.6) is 11.5 Å². The number of benzene rings is 1. The van der Waals surface area contributed by atoms with E-state index in [1.54, 1.807) is 7.11 Å². The number of methoxy groups -OCH3 is 1. The summed E-state index contributed by atoms with van der Waals surface area (Å²) in [5.41, 5.74) is 2.35. The van der Waals surface area contributed by atoms with E-state index >= 15 is 0 Å². The summed E-state index contributed by atoms with van der Waals surface area (Å²) in [5, 5.41) is 12.0. The standard InChI is InChI=1S/C11H15NO3.ClH/c1-14-10-6-8-2-3-12-9(8)7-11(10)15-5-4-13;/h6-7,12-13H,2-5H2,1H3;1H. The van der Waals surface area contributed by atoms with Crippen LogP contribution in [0, 0.1) is 0 Å². The van der Waals surface area contributed by atoms with Crippen molar-refractivity contribution >= 4 is 18.1 Å². The molecule has 0 fully saturated rings. The van der Waals surface area contributed by atoms with Gasteiger partial charge in [-0.05, 0) is 18.1 Å². The molecule has 0 amide bonds. The minimum absolute atomic E-state index is 0. The lowest BCUT2D eigenvalue weighted by Crippen LogP contribution is -2.03. The van der Waals surface area contributed by atoms with Crippen molar-refractivity contribution in [2.24, 2.45) is 0 Å². The topological polar surface area (TPSA) is 50.7 Å². The molecule has 0 atom stereocenters. The highest BCUT2D eigenvalue weighted by Crippen LogP contribution is 2.35. The molecule has 0 unspecified atom stereocenters. The van der Waals surface area contributed by atoms with Crippen molar-refractivity contribution in [1.29, 1.82) is 0 Å². The van der Waals surface area contributed by atoms with E-state index < -0.39 is 0 Å². The lowest BCUT2D eigenvalue weighted by atomic mass is 10.1. The second-order valence-electron chi connectivity index (χ2n) is 3.41. The maximum absolute atomic E-state index is 8.70. The van der Waals surface area contributed by atoms with Crippen LogP contribution in [0.2, 0.25) is 0 Å². The molecular weight excluding hydrogens is 230 g/mol. The molecule has 0 aliphatic carbocycles. The van der Waals surface area contributed by atoms with E-state index in [-0.39, 0.29) is 25.6 Å². The van der Waals surface area contributed by atoms with E-state index in [2.05, 4.69) is 5.32 Å². The SMILES string of the molecule is COc1cc2c(cc1OCCO)NCC2.Cl. The van der Waals surface area contributed by atoms with Crippen LogP contribution in [-0.4, -0.2) is 32.0 Å². The van der Waals surface area contributed by atoms with Crippen molar-refractivity contribution in [3.8, 4) is 11.5 Å². The third-order valence-corrected chi connectivity index (χ3v) is 2.45. The largest absolute Gasteiger partial charge is 0.493 e. The van der Waals surface area contributed by atoms with E-state index in [1.807, 2.05) is 12.1 Å². The van der Waals surface area contributed by atoms with Crippen LogP contribution in [0.4, 0.5) is 5.69 Å². The van der Waals surface area contributed by atoms with E-state index in [0.717, 1.165) is 24.4 Å². The van der Waals surface area contributed by atoms with Gasteiger partial charge in [0.05, 0.1) is 13.7 Å². The first kappa shape index (κ1) is 12.9. The van der Waals surface area contributed by atoms with Crippen LogP contribution >= 0.6 is 12.4 Å². The lowest BCUT2D eigenvalue weighted by molar-refractivity contribution is 0.196. The first-order valence-corrected chi connectivity index (χ1v) is 5.03. The van der Waals surface area contributed by atoms with Gasteiger partial charge >= 0.3 is 0 Å².